The second-order valence-corrected chi connectivity index (χ2v) is 5.71. The van der Waals surface area contributed by atoms with Crippen LogP contribution in [0.4, 0.5) is 0 Å². The lowest BCUT2D eigenvalue weighted by Crippen LogP contribution is -2.39. The van der Waals surface area contributed by atoms with E-state index in [9.17, 15) is 9.59 Å². The zero-order valence-corrected chi connectivity index (χ0v) is 11.7. The summed E-state index contributed by atoms with van der Waals surface area (Å²) in [7, 11) is 0. The van der Waals surface area contributed by atoms with E-state index in [4.69, 9.17) is 0 Å². The first-order chi connectivity index (χ1) is 9.74. The van der Waals surface area contributed by atoms with Crippen molar-refractivity contribution in [3.8, 4) is 0 Å². The van der Waals surface area contributed by atoms with Crippen LogP contribution in [0.5, 0.6) is 0 Å². The highest BCUT2D eigenvalue weighted by molar-refractivity contribution is 7.08. The van der Waals surface area contributed by atoms with E-state index in [1.54, 1.807) is 0 Å². The van der Waals surface area contributed by atoms with E-state index in [0.717, 1.165) is 30.6 Å². The minimum atomic E-state index is -0.330. The van der Waals surface area contributed by atoms with Gasteiger partial charge in [-0.05, 0) is 30.4 Å². The van der Waals surface area contributed by atoms with Gasteiger partial charge in [0, 0.05) is 36.3 Å². The number of piperidine rings is 1. The van der Waals surface area contributed by atoms with Gasteiger partial charge in [0.2, 0.25) is 0 Å². The number of carbonyl (C=O) groups is 1. The maximum absolute atomic E-state index is 12.4. The Balaban J connectivity index is 1.77. The summed E-state index contributed by atoms with van der Waals surface area (Å²) in [5.74, 6) is 0.259. The SMILES string of the molecule is O=C(c1ccsc1)N1CCCC(c2ccnc(=O)[nH]2)C1. The minimum absolute atomic E-state index is 0.0763. The summed E-state index contributed by atoms with van der Waals surface area (Å²) in [5.41, 5.74) is 1.29. The van der Waals surface area contributed by atoms with Gasteiger partial charge in [0.25, 0.3) is 5.91 Å². The summed E-state index contributed by atoms with van der Waals surface area (Å²) in [6, 6.07) is 3.68. The third kappa shape index (κ3) is 2.65. The number of aromatic nitrogens is 2. The van der Waals surface area contributed by atoms with E-state index in [1.165, 1.54) is 17.5 Å². The Hall–Kier alpha value is -1.95. The van der Waals surface area contributed by atoms with Crippen LogP contribution in [0.1, 0.15) is 34.8 Å². The molecule has 3 heterocycles. The highest BCUT2D eigenvalue weighted by atomic mass is 32.1. The summed E-state index contributed by atoms with van der Waals surface area (Å²) in [6.07, 6.45) is 3.45. The number of likely N-dealkylation sites (tertiary alicyclic amines) is 1. The van der Waals surface area contributed by atoms with Gasteiger partial charge >= 0.3 is 5.69 Å². The fourth-order valence-corrected chi connectivity index (χ4v) is 3.23. The molecule has 1 atom stereocenters. The van der Waals surface area contributed by atoms with Crippen molar-refractivity contribution in [2.45, 2.75) is 18.8 Å². The number of nitrogens with one attached hydrogen (secondary N) is 1. The van der Waals surface area contributed by atoms with Gasteiger partial charge in [0.1, 0.15) is 0 Å². The minimum Gasteiger partial charge on any atom is -0.338 e. The van der Waals surface area contributed by atoms with Crippen LogP contribution >= 0.6 is 11.3 Å². The van der Waals surface area contributed by atoms with Crippen molar-refractivity contribution < 1.29 is 4.79 Å². The molecule has 0 saturated carbocycles. The zero-order valence-electron chi connectivity index (χ0n) is 10.9. The van der Waals surface area contributed by atoms with E-state index in [0.29, 0.717) is 6.54 Å². The molecule has 104 valence electrons. The first kappa shape index (κ1) is 13.1. The molecule has 6 heteroatoms. The Morgan fingerprint density at radius 3 is 3.10 bits per heavy atom. The molecule has 0 radical (unpaired) electrons. The van der Waals surface area contributed by atoms with Crippen molar-refractivity contribution in [2.75, 3.05) is 13.1 Å². The molecule has 0 aromatic carbocycles. The Bertz CT molecular complexity index is 650. The van der Waals surface area contributed by atoms with Gasteiger partial charge in [0.15, 0.2) is 0 Å². The fraction of sp³-hybridized carbons (Fsp3) is 0.357. The Morgan fingerprint density at radius 1 is 1.45 bits per heavy atom. The van der Waals surface area contributed by atoms with E-state index < -0.39 is 0 Å². The Labute approximate surface area is 120 Å². The molecule has 20 heavy (non-hydrogen) atoms. The molecule has 1 amide bonds. The monoisotopic (exact) mass is 289 g/mol. The number of nitrogens with zero attached hydrogens (tertiary/aromatic N) is 2. The molecule has 1 aliphatic heterocycles. The van der Waals surface area contributed by atoms with Crippen LogP contribution in [0.3, 0.4) is 0 Å². The molecule has 1 aliphatic rings. The topological polar surface area (TPSA) is 66.1 Å². The smallest absolute Gasteiger partial charge is 0.338 e. The second-order valence-electron chi connectivity index (χ2n) is 4.93. The molecule has 1 fully saturated rings. The van der Waals surface area contributed by atoms with E-state index in [-0.39, 0.29) is 17.5 Å². The van der Waals surface area contributed by atoms with Crippen LogP contribution in [0, 0.1) is 0 Å². The highest BCUT2D eigenvalue weighted by Gasteiger charge is 2.26. The Kier molecular flexibility index (Phi) is 3.64. The lowest BCUT2D eigenvalue weighted by atomic mass is 9.94. The maximum Gasteiger partial charge on any atom is 0.345 e. The largest absolute Gasteiger partial charge is 0.345 e. The van der Waals surface area contributed by atoms with E-state index >= 15 is 0 Å². The number of aromatic amines is 1. The molecule has 1 N–H and O–H groups in total. The van der Waals surface area contributed by atoms with Crippen LogP contribution < -0.4 is 5.69 Å². The van der Waals surface area contributed by atoms with E-state index in [2.05, 4.69) is 9.97 Å². The van der Waals surface area contributed by atoms with Gasteiger partial charge in [-0.1, -0.05) is 0 Å². The third-order valence-electron chi connectivity index (χ3n) is 3.61. The highest BCUT2D eigenvalue weighted by Crippen LogP contribution is 2.26. The summed E-state index contributed by atoms with van der Waals surface area (Å²) in [6.45, 7) is 1.43. The van der Waals surface area contributed by atoms with Crippen molar-refractivity contribution in [1.82, 2.24) is 14.9 Å². The molecule has 5 nitrogen and oxygen atoms in total. The van der Waals surface area contributed by atoms with Crippen molar-refractivity contribution >= 4 is 17.2 Å². The van der Waals surface area contributed by atoms with Gasteiger partial charge in [-0.3, -0.25) is 4.79 Å². The quantitative estimate of drug-likeness (QED) is 0.917. The number of H-pyrrole nitrogens is 1. The lowest BCUT2D eigenvalue weighted by Gasteiger charge is -2.32. The molecule has 1 unspecified atom stereocenters. The standard InChI is InChI=1S/C14H15N3O2S/c18-13(11-4-7-20-9-11)17-6-1-2-10(8-17)12-3-5-15-14(19)16-12/h3-5,7,9-10H,1-2,6,8H2,(H,15,16,19). The average Bonchev–Trinajstić information content (AvgIpc) is 3.01. The molecule has 0 spiro atoms. The van der Waals surface area contributed by atoms with Crippen LogP contribution in [0.25, 0.3) is 0 Å². The number of rotatable bonds is 2. The fourth-order valence-electron chi connectivity index (χ4n) is 2.61. The Morgan fingerprint density at radius 2 is 2.35 bits per heavy atom. The third-order valence-corrected chi connectivity index (χ3v) is 4.30. The van der Waals surface area contributed by atoms with Gasteiger partial charge in [-0.2, -0.15) is 11.3 Å². The molecular formula is C14H15N3O2S. The predicted octanol–water partition coefficient (Wildman–Crippen LogP) is 1.85. The average molecular weight is 289 g/mol. The number of hydrogen-bond donors (Lipinski definition) is 1. The van der Waals surface area contributed by atoms with Gasteiger partial charge in [0.05, 0.1) is 5.56 Å². The van der Waals surface area contributed by atoms with Crippen molar-refractivity contribution in [2.24, 2.45) is 0 Å². The van der Waals surface area contributed by atoms with E-state index in [1.807, 2.05) is 27.8 Å². The van der Waals surface area contributed by atoms with Crippen molar-refractivity contribution in [1.29, 1.82) is 0 Å². The van der Waals surface area contributed by atoms with Crippen LogP contribution in [-0.2, 0) is 0 Å². The van der Waals surface area contributed by atoms with Crippen LogP contribution in [0.2, 0.25) is 0 Å². The molecule has 3 rings (SSSR count). The molecule has 2 aromatic rings. The first-order valence-electron chi connectivity index (χ1n) is 6.61. The van der Waals surface area contributed by atoms with Crippen LogP contribution in [0.15, 0.2) is 33.9 Å². The van der Waals surface area contributed by atoms with Crippen molar-refractivity contribution in [3.63, 3.8) is 0 Å². The summed E-state index contributed by atoms with van der Waals surface area (Å²) in [4.78, 5) is 31.9. The summed E-state index contributed by atoms with van der Waals surface area (Å²) < 4.78 is 0. The summed E-state index contributed by atoms with van der Waals surface area (Å²) >= 11 is 1.53. The number of amides is 1. The lowest BCUT2D eigenvalue weighted by molar-refractivity contribution is 0.0706. The molecule has 2 aromatic heterocycles. The summed E-state index contributed by atoms with van der Waals surface area (Å²) in [5, 5.41) is 3.79. The second kappa shape index (κ2) is 5.58. The van der Waals surface area contributed by atoms with Gasteiger partial charge in [-0.15, -0.1) is 0 Å². The predicted molar refractivity (Wildman–Crippen MR) is 77.1 cm³/mol. The van der Waals surface area contributed by atoms with Gasteiger partial charge < -0.3 is 9.88 Å². The number of thiophene rings is 1. The molecule has 1 saturated heterocycles. The van der Waals surface area contributed by atoms with Gasteiger partial charge in [-0.25, -0.2) is 9.78 Å². The number of carbonyl (C=O) groups excluding carboxylic acids is 1. The molecule has 0 bridgehead atoms. The van der Waals surface area contributed by atoms with Crippen LogP contribution in [-0.4, -0.2) is 33.9 Å². The normalized spacial score (nSPS) is 19.0. The first-order valence-corrected chi connectivity index (χ1v) is 7.55. The molecular weight excluding hydrogens is 274 g/mol. The molecule has 0 aliphatic carbocycles. The van der Waals surface area contributed by atoms with Crippen molar-refractivity contribution in [3.05, 3.63) is 50.8 Å². The zero-order chi connectivity index (χ0) is 13.9. The number of hydrogen-bond acceptors (Lipinski definition) is 4. The maximum atomic E-state index is 12.4.